The van der Waals surface area contributed by atoms with E-state index >= 15 is 0 Å². The second kappa shape index (κ2) is 10.4. The average molecular weight is 491 g/mol. The summed E-state index contributed by atoms with van der Waals surface area (Å²) in [7, 11) is 1.56. The van der Waals surface area contributed by atoms with E-state index in [1.807, 2.05) is 30.3 Å². The molecule has 186 valence electrons. The van der Waals surface area contributed by atoms with Crippen LogP contribution in [0.4, 0.5) is 4.39 Å². The largest absolute Gasteiger partial charge is 0.486 e. The van der Waals surface area contributed by atoms with Gasteiger partial charge in [-0.2, -0.15) is 0 Å². The van der Waals surface area contributed by atoms with Gasteiger partial charge in [-0.05, 0) is 41.5 Å². The number of fused-ring (bicyclic) bond motifs is 2. The molecule has 0 aliphatic carbocycles. The third kappa shape index (κ3) is 4.64. The van der Waals surface area contributed by atoms with E-state index in [1.165, 1.54) is 12.1 Å². The van der Waals surface area contributed by atoms with E-state index in [2.05, 4.69) is 5.32 Å². The lowest BCUT2D eigenvalue weighted by atomic mass is 9.79. The Balaban J connectivity index is 1.45. The zero-order valence-electron chi connectivity index (χ0n) is 19.9. The molecular formula is C28H27FN2O5. The number of carbonyl (C=O) groups excluding carboxylic acids is 2. The summed E-state index contributed by atoms with van der Waals surface area (Å²) in [4.78, 5) is 28.9. The maximum absolute atomic E-state index is 13.8. The van der Waals surface area contributed by atoms with Gasteiger partial charge in [-0.25, -0.2) is 4.39 Å². The first-order chi connectivity index (χ1) is 17.6. The number of benzene rings is 3. The quantitative estimate of drug-likeness (QED) is 0.547. The Labute approximate surface area is 208 Å². The Kier molecular flexibility index (Phi) is 6.86. The first-order valence-electron chi connectivity index (χ1n) is 11.9. The zero-order chi connectivity index (χ0) is 25.1. The molecule has 3 aromatic carbocycles. The van der Waals surface area contributed by atoms with Crippen LogP contribution >= 0.6 is 0 Å². The highest BCUT2D eigenvalue weighted by atomic mass is 19.1. The molecule has 3 aromatic rings. The molecule has 3 atom stereocenters. The number of amides is 2. The predicted octanol–water partition coefficient (Wildman–Crippen LogP) is 3.71. The third-order valence-electron chi connectivity index (χ3n) is 6.54. The molecule has 8 heteroatoms. The van der Waals surface area contributed by atoms with Crippen LogP contribution in [0.25, 0.3) is 0 Å². The van der Waals surface area contributed by atoms with E-state index in [0.717, 1.165) is 0 Å². The van der Waals surface area contributed by atoms with Crippen LogP contribution in [0.2, 0.25) is 0 Å². The standard InChI is InChI=1S/C28H27FN2O5/c1-34-15-14-31-26(18-10-12-19(29)13-11-18)25(21-6-2-3-7-22(21)28(31)33)27(32)30-16-20-17-35-23-8-4-5-9-24(23)36-20/h2-13,20,25-26H,14-17H2,1H3,(H,30,32)/t20-,25+,26+/m1/s1. The number of rotatable bonds is 7. The Bertz CT molecular complexity index is 1250. The maximum atomic E-state index is 13.8. The lowest BCUT2D eigenvalue weighted by Gasteiger charge is -2.42. The van der Waals surface area contributed by atoms with E-state index in [0.29, 0.717) is 41.4 Å². The molecule has 0 unspecified atom stereocenters. The molecule has 2 aliphatic heterocycles. The van der Waals surface area contributed by atoms with Gasteiger partial charge in [0, 0.05) is 19.2 Å². The second-order valence-corrected chi connectivity index (χ2v) is 8.80. The van der Waals surface area contributed by atoms with Gasteiger partial charge in [0.1, 0.15) is 18.5 Å². The van der Waals surface area contributed by atoms with Crippen LogP contribution in [0.1, 0.15) is 33.4 Å². The first-order valence-corrected chi connectivity index (χ1v) is 11.9. The van der Waals surface area contributed by atoms with E-state index in [4.69, 9.17) is 14.2 Å². The summed E-state index contributed by atoms with van der Waals surface area (Å²) in [6.07, 6.45) is -0.363. The van der Waals surface area contributed by atoms with Gasteiger partial charge in [0.2, 0.25) is 5.91 Å². The summed E-state index contributed by atoms with van der Waals surface area (Å²) in [5.74, 6) is -0.245. The summed E-state index contributed by atoms with van der Waals surface area (Å²) in [5, 5.41) is 3.01. The zero-order valence-corrected chi connectivity index (χ0v) is 19.9. The Hall–Kier alpha value is -3.91. The van der Waals surface area contributed by atoms with Gasteiger partial charge in [-0.3, -0.25) is 9.59 Å². The molecule has 7 nitrogen and oxygen atoms in total. The normalized spacial score (nSPS) is 20.6. The smallest absolute Gasteiger partial charge is 0.254 e. The number of carbonyl (C=O) groups is 2. The van der Waals surface area contributed by atoms with Crippen molar-refractivity contribution in [2.45, 2.75) is 18.1 Å². The fourth-order valence-corrected chi connectivity index (χ4v) is 4.83. The molecule has 0 aromatic heterocycles. The third-order valence-corrected chi connectivity index (χ3v) is 6.54. The van der Waals surface area contributed by atoms with Crippen LogP contribution in [0.5, 0.6) is 11.5 Å². The summed E-state index contributed by atoms with van der Waals surface area (Å²) in [5.41, 5.74) is 1.77. The van der Waals surface area contributed by atoms with Gasteiger partial charge in [0.05, 0.1) is 25.1 Å². The summed E-state index contributed by atoms with van der Waals surface area (Å²) in [6.45, 7) is 1.12. The minimum absolute atomic E-state index is 0.193. The van der Waals surface area contributed by atoms with Crippen LogP contribution < -0.4 is 14.8 Å². The molecule has 0 saturated carbocycles. The van der Waals surface area contributed by atoms with Crippen molar-refractivity contribution in [3.63, 3.8) is 0 Å². The molecule has 0 spiro atoms. The molecule has 36 heavy (non-hydrogen) atoms. The molecule has 2 heterocycles. The molecule has 0 fully saturated rings. The van der Waals surface area contributed by atoms with Gasteiger partial charge in [0.25, 0.3) is 5.91 Å². The van der Waals surface area contributed by atoms with Gasteiger partial charge >= 0.3 is 0 Å². The number of nitrogens with one attached hydrogen (secondary N) is 1. The van der Waals surface area contributed by atoms with Crippen molar-refractivity contribution in [3.05, 3.63) is 95.3 Å². The number of halogens is 1. The number of hydrogen-bond donors (Lipinski definition) is 1. The van der Waals surface area contributed by atoms with Gasteiger partial charge in [-0.15, -0.1) is 0 Å². The molecule has 0 radical (unpaired) electrons. The summed E-state index contributed by atoms with van der Waals surface area (Å²) < 4.78 is 30.8. The van der Waals surface area contributed by atoms with Crippen molar-refractivity contribution in [1.82, 2.24) is 10.2 Å². The van der Waals surface area contributed by atoms with Gasteiger partial charge in [-0.1, -0.05) is 42.5 Å². The lowest BCUT2D eigenvalue weighted by Crippen LogP contribution is -2.50. The number of para-hydroxylation sites is 2. The highest BCUT2D eigenvalue weighted by Crippen LogP contribution is 2.43. The minimum atomic E-state index is -0.710. The molecule has 1 N–H and O–H groups in total. The molecule has 2 amide bonds. The Morgan fingerprint density at radius 2 is 1.78 bits per heavy atom. The van der Waals surface area contributed by atoms with Crippen molar-refractivity contribution >= 4 is 11.8 Å². The topological polar surface area (TPSA) is 77.1 Å². The first kappa shape index (κ1) is 23.8. The number of nitrogens with zero attached hydrogens (tertiary/aromatic N) is 1. The predicted molar refractivity (Wildman–Crippen MR) is 131 cm³/mol. The average Bonchev–Trinajstić information content (AvgIpc) is 2.91. The molecule has 0 saturated heterocycles. The summed E-state index contributed by atoms with van der Waals surface area (Å²) in [6, 6.07) is 19.8. The number of methoxy groups -OCH3 is 1. The van der Waals surface area contributed by atoms with E-state index in [-0.39, 0.29) is 36.8 Å². The van der Waals surface area contributed by atoms with Crippen molar-refractivity contribution in [1.29, 1.82) is 0 Å². The second-order valence-electron chi connectivity index (χ2n) is 8.80. The van der Waals surface area contributed by atoms with Gasteiger partial charge < -0.3 is 24.4 Å². The van der Waals surface area contributed by atoms with E-state index in [1.54, 1.807) is 42.3 Å². The van der Waals surface area contributed by atoms with Crippen LogP contribution in [0.3, 0.4) is 0 Å². The van der Waals surface area contributed by atoms with Crippen molar-refractivity contribution in [2.24, 2.45) is 0 Å². The van der Waals surface area contributed by atoms with Crippen LogP contribution in [-0.2, 0) is 9.53 Å². The van der Waals surface area contributed by atoms with Crippen molar-refractivity contribution < 1.29 is 28.2 Å². The molecular weight excluding hydrogens is 463 g/mol. The Morgan fingerprint density at radius 1 is 1.06 bits per heavy atom. The van der Waals surface area contributed by atoms with Crippen molar-refractivity contribution in [3.8, 4) is 11.5 Å². The van der Waals surface area contributed by atoms with Crippen molar-refractivity contribution in [2.75, 3.05) is 33.4 Å². The van der Waals surface area contributed by atoms with Crippen LogP contribution in [0, 0.1) is 5.82 Å². The Morgan fingerprint density at radius 3 is 2.56 bits per heavy atom. The van der Waals surface area contributed by atoms with E-state index < -0.39 is 12.0 Å². The highest BCUT2D eigenvalue weighted by molar-refractivity contribution is 6.01. The van der Waals surface area contributed by atoms with E-state index in [9.17, 15) is 14.0 Å². The highest BCUT2D eigenvalue weighted by Gasteiger charge is 2.44. The lowest BCUT2D eigenvalue weighted by molar-refractivity contribution is -0.124. The van der Waals surface area contributed by atoms with Gasteiger partial charge in [0.15, 0.2) is 11.5 Å². The fourth-order valence-electron chi connectivity index (χ4n) is 4.83. The maximum Gasteiger partial charge on any atom is 0.254 e. The minimum Gasteiger partial charge on any atom is -0.486 e. The molecule has 2 aliphatic rings. The number of ether oxygens (including phenoxy) is 3. The monoisotopic (exact) mass is 490 g/mol. The molecule has 0 bridgehead atoms. The van der Waals surface area contributed by atoms with Crippen LogP contribution in [0.15, 0.2) is 72.8 Å². The summed E-state index contributed by atoms with van der Waals surface area (Å²) >= 11 is 0. The number of hydrogen-bond acceptors (Lipinski definition) is 5. The SMILES string of the molecule is COCCN1C(=O)c2ccccc2[C@H](C(=O)NC[C@@H]2COc3ccccc3O2)[C@@H]1c1ccc(F)cc1. The fraction of sp³-hybridized carbons (Fsp3) is 0.286. The molecule has 5 rings (SSSR count). The van der Waals surface area contributed by atoms with Crippen LogP contribution in [-0.4, -0.2) is 56.2 Å².